The lowest BCUT2D eigenvalue weighted by molar-refractivity contribution is -0.122. The lowest BCUT2D eigenvalue weighted by Crippen LogP contribution is -2.30. The zero-order chi connectivity index (χ0) is 17.9. The van der Waals surface area contributed by atoms with Crippen LogP contribution in [0.3, 0.4) is 0 Å². The molecule has 1 fully saturated rings. The first-order chi connectivity index (χ1) is 12.7. The van der Waals surface area contributed by atoms with Gasteiger partial charge in [0.2, 0.25) is 5.91 Å². The number of phenolic OH excluding ortho intramolecular Hbond substituents is 1. The summed E-state index contributed by atoms with van der Waals surface area (Å²) in [6.07, 6.45) is 0.854. The van der Waals surface area contributed by atoms with Crippen LogP contribution in [0.1, 0.15) is 35.1 Å². The molecule has 0 bridgehead atoms. The van der Waals surface area contributed by atoms with E-state index in [0.29, 0.717) is 0 Å². The summed E-state index contributed by atoms with van der Waals surface area (Å²) >= 11 is 0. The fourth-order valence-corrected chi connectivity index (χ4v) is 3.47. The van der Waals surface area contributed by atoms with E-state index in [-0.39, 0.29) is 29.5 Å². The van der Waals surface area contributed by atoms with Crippen LogP contribution in [0, 0.1) is 5.92 Å². The van der Waals surface area contributed by atoms with Crippen LogP contribution in [-0.2, 0) is 4.79 Å². The van der Waals surface area contributed by atoms with Crippen molar-refractivity contribution in [2.45, 2.75) is 18.4 Å². The van der Waals surface area contributed by atoms with E-state index in [4.69, 9.17) is 0 Å². The minimum atomic E-state index is -0.147. The Kier molecular flexibility index (Phi) is 4.44. The van der Waals surface area contributed by atoms with E-state index >= 15 is 0 Å². The highest BCUT2D eigenvalue weighted by atomic mass is 16.3. The number of carbonyl (C=O) groups is 1. The first-order valence-electron chi connectivity index (χ1n) is 8.91. The van der Waals surface area contributed by atoms with Gasteiger partial charge in [0.25, 0.3) is 0 Å². The molecule has 0 radical (unpaired) electrons. The van der Waals surface area contributed by atoms with Gasteiger partial charge in [0, 0.05) is 5.92 Å². The van der Waals surface area contributed by atoms with Gasteiger partial charge in [-0.2, -0.15) is 0 Å². The van der Waals surface area contributed by atoms with E-state index in [0.717, 1.165) is 23.1 Å². The van der Waals surface area contributed by atoms with Gasteiger partial charge >= 0.3 is 0 Å². The average Bonchev–Trinajstić information content (AvgIpc) is 3.49. The Morgan fingerprint density at radius 1 is 0.846 bits per heavy atom. The smallest absolute Gasteiger partial charge is 0.224 e. The molecule has 0 heterocycles. The van der Waals surface area contributed by atoms with Crippen molar-refractivity contribution in [3.63, 3.8) is 0 Å². The third kappa shape index (κ3) is 3.47. The van der Waals surface area contributed by atoms with Gasteiger partial charge in [0.15, 0.2) is 0 Å². The van der Waals surface area contributed by atoms with Gasteiger partial charge in [-0.1, -0.05) is 72.8 Å². The molecule has 0 saturated heterocycles. The minimum Gasteiger partial charge on any atom is -0.508 e. The van der Waals surface area contributed by atoms with Crippen LogP contribution in [0.4, 0.5) is 0 Å². The molecule has 26 heavy (non-hydrogen) atoms. The highest BCUT2D eigenvalue weighted by Crippen LogP contribution is 2.48. The number of carbonyl (C=O) groups excluding carboxylic acids is 1. The number of rotatable bonds is 5. The summed E-state index contributed by atoms with van der Waals surface area (Å²) in [7, 11) is 0. The van der Waals surface area contributed by atoms with Crippen molar-refractivity contribution in [3.05, 3.63) is 102 Å². The minimum absolute atomic E-state index is 0.00512. The third-order valence-electron chi connectivity index (χ3n) is 5.00. The maximum atomic E-state index is 12.9. The van der Waals surface area contributed by atoms with Gasteiger partial charge in [0.1, 0.15) is 5.75 Å². The van der Waals surface area contributed by atoms with E-state index in [2.05, 4.69) is 5.32 Å². The topological polar surface area (TPSA) is 49.3 Å². The molecule has 0 aromatic heterocycles. The number of amides is 1. The maximum Gasteiger partial charge on any atom is 0.224 e. The number of hydrogen-bond donors (Lipinski definition) is 2. The summed E-state index contributed by atoms with van der Waals surface area (Å²) in [6.45, 7) is 0. The quantitative estimate of drug-likeness (QED) is 0.721. The predicted octanol–water partition coefficient (Wildman–Crippen LogP) is 4.40. The molecule has 1 aliphatic carbocycles. The Morgan fingerprint density at radius 2 is 1.38 bits per heavy atom. The average molecular weight is 343 g/mol. The van der Waals surface area contributed by atoms with E-state index < -0.39 is 0 Å². The normalized spacial score (nSPS) is 18.5. The van der Waals surface area contributed by atoms with Crippen LogP contribution < -0.4 is 5.32 Å². The van der Waals surface area contributed by atoms with E-state index in [1.165, 1.54) is 0 Å². The molecule has 2 unspecified atom stereocenters. The molecule has 3 nitrogen and oxygen atoms in total. The molecular formula is C23H21NO2. The molecule has 4 rings (SSSR count). The van der Waals surface area contributed by atoms with Gasteiger partial charge in [0.05, 0.1) is 6.04 Å². The van der Waals surface area contributed by atoms with Crippen molar-refractivity contribution in [1.29, 1.82) is 0 Å². The Labute approximate surface area is 153 Å². The molecule has 1 saturated carbocycles. The predicted molar refractivity (Wildman–Crippen MR) is 102 cm³/mol. The Hall–Kier alpha value is -3.07. The van der Waals surface area contributed by atoms with Crippen molar-refractivity contribution >= 4 is 5.91 Å². The molecule has 3 heteroatoms. The summed E-state index contributed by atoms with van der Waals surface area (Å²) in [5, 5.41) is 12.7. The van der Waals surface area contributed by atoms with Gasteiger partial charge < -0.3 is 10.4 Å². The Bertz CT molecular complexity index is 836. The summed E-state index contributed by atoms with van der Waals surface area (Å²) in [5.74, 6) is 0.571. The lowest BCUT2D eigenvalue weighted by atomic mass is 9.98. The second-order valence-corrected chi connectivity index (χ2v) is 6.80. The number of nitrogens with one attached hydrogen (secondary N) is 1. The second-order valence-electron chi connectivity index (χ2n) is 6.80. The van der Waals surface area contributed by atoms with E-state index in [1.807, 2.05) is 72.8 Å². The molecule has 0 aliphatic heterocycles. The number of benzene rings is 3. The van der Waals surface area contributed by atoms with Crippen molar-refractivity contribution in [2.75, 3.05) is 0 Å². The van der Waals surface area contributed by atoms with Crippen LogP contribution in [0.2, 0.25) is 0 Å². The summed E-state index contributed by atoms with van der Waals surface area (Å²) in [4.78, 5) is 12.9. The number of phenols is 1. The standard InChI is InChI=1S/C23H21NO2/c25-19-13-11-16(12-14-19)20-15-21(20)23(26)24-22(17-7-3-1-4-8-17)18-9-5-2-6-10-18/h1-14,20-22,25H,15H2,(H,24,26). The zero-order valence-electron chi connectivity index (χ0n) is 14.4. The van der Waals surface area contributed by atoms with Crippen molar-refractivity contribution in [1.82, 2.24) is 5.32 Å². The molecular weight excluding hydrogens is 322 g/mol. The first kappa shape index (κ1) is 16.4. The molecule has 1 aliphatic rings. The van der Waals surface area contributed by atoms with Crippen LogP contribution in [0.25, 0.3) is 0 Å². The molecule has 2 atom stereocenters. The van der Waals surface area contributed by atoms with Crippen LogP contribution in [0.5, 0.6) is 5.75 Å². The van der Waals surface area contributed by atoms with Gasteiger partial charge in [-0.05, 0) is 41.2 Å². The summed E-state index contributed by atoms with van der Waals surface area (Å²) in [5.41, 5.74) is 3.27. The van der Waals surface area contributed by atoms with E-state index in [9.17, 15) is 9.90 Å². The van der Waals surface area contributed by atoms with Crippen LogP contribution in [-0.4, -0.2) is 11.0 Å². The lowest BCUT2D eigenvalue weighted by Gasteiger charge is -2.20. The maximum absolute atomic E-state index is 12.9. The van der Waals surface area contributed by atoms with Crippen molar-refractivity contribution < 1.29 is 9.90 Å². The summed E-state index contributed by atoms with van der Waals surface area (Å²) in [6, 6.07) is 27.1. The van der Waals surface area contributed by atoms with Crippen molar-refractivity contribution in [3.8, 4) is 5.75 Å². The molecule has 130 valence electrons. The van der Waals surface area contributed by atoms with Gasteiger partial charge in [-0.15, -0.1) is 0 Å². The number of aromatic hydroxyl groups is 1. The molecule has 0 spiro atoms. The zero-order valence-corrected chi connectivity index (χ0v) is 14.4. The molecule has 3 aromatic rings. The summed E-state index contributed by atoms with van der Waals surface area (Å²) < 4.78 is 0. The monoisotopic (exact) mass is 343 g/mol. The molecule has 3 aromatic carbocycles. The van der Waals surface area contributed by atoms with Crippen LogP contribution >= 0.6 is 0 Å². The van der Waals surface area contributed by atoms with Gasteiger partial charge in [-0.25, -0.2) is 0 Å². The molecule has 2 N–H and O–H groups in total. The van der Waals surface area contributed by atoms with Crippen molar-refractivity contribution in [2.24, 2.45) is 5.92 Å². The van der Waals surface area contributed by atoms with Gasteiger partial charge in [-0.3, -0.25) is 4.79 Å². The largest absolute Gasteiger partial charge is 0.508 e. The number of hydrogen-bond acceptors (Lipinski definition) is 2. The fraction of sp³-hybridized carbons (Fsp3) is 0.174. The second kappa shape index (κ2) is 7.04. The fourth-order valence-electron chi connectivity index (χ4n) is 3.47. The SMILES string of the molecule is O=C(NC(c1ccccc1)c1ccccc1)C1CC1c1ccc(O)cc1. The van der Waals surface area contributed by atoms with Crippen LogP contribution in [0.15, 0.2) is 84.9 Å². The first-order valence-corrected chi connectivity index (χ1v) is 8.91. The molecule has 1 amide bonds. The Balaban J connectivity index is 1.51. The highest BCUT2D eigenvalue weighted by Gasteiger charge is 2.44. The third-order valence-corrected chi connectivity index (χ3v) is 5.00. The van der Waals surface area contributed by atoms with E-state index in [1.54, 1.807) is 12.1 Å². The Morgan fingerprint density at radius 3 is 1.92 bits per heavy atom. The highest BCUT2D eigenvalue weighted by molar-refractivity contribution is 5.83.